The number of pyridine rings is 1. The van der Waals surface area contributed by atoms with E-state index in [1.165, 1.54) is 9.75 Å². The highest BCUT2D eigenvalue weighted by atomic mass is 35.5. The van der Waals surface area contributed by atoms with Crippen LogP contribution in [-0.2, 0) is 13.1 Å². The molecule has 0 unspecified atom stereocenters. The lowest BCUT2D eigenvalue weighted by Crippen LogP contribution is -2.45. The van der Waals surface area contributed by atoms with Crippen LogP contribution >= 0.6 is 22.9 Å². The molecular weight excluding hydrogens is 440 g/mol. The van der Waals surface area contributed by atoms with E-state index in [0.29, 0.717) is 6.54 Å². The fourth-order valence-electron chi connectivity index (χ4n) is 4.21. The minimum absolute atomic E-state index is 0.0145. The average Bonchev–Trinajstić information content (AvgIpc) is 3.24. The number of benzene rings is 1. The Morgan fingerprint density at radius 2 is 1.72 bits per heavy atom. The molecule has 4 heterocycles. The van der Waals surface area contributed by atoms with Gasteiger partial charge in [-0.25, -0.2) is 4.98 Å². The standard InChI is InChI=1S/C25H25ClN4OS/c1-18-5-4-10-30-24(31)15-19(27-25(18)30)16-28-11-13-29(14-12-28)17-20-8-9-23(32-20)21-6-2-3-7-22(21)26/h2-10,15H,11-14,16-17H2,1H3. The molecule has 4 aromatic rings. The molecule has 5 nitrogen and oxygen atoms in total. The second-order valence-electron chi connectivity index (χ2n) is 8.27. The van der Waals surface area contributed by atoms with E-state index in [1.54, 1.807) is 16.7 Å². The lowest BCUT2D eigenvalue weighted by molar-refractivity contribution is 0.122. The van der Waals surface area contributed by atoms with Gasteiger partial charge in [0.05, 0.1) is 5.69 Å². The first-order chi connectivity index (χ1) is 15.6. The molecule has 5 rings (SSSR count). The van der Waals surface area contributed by atoms with Crippen LogP contribution in [0.5, 0.6) is 0 Å². The molecule has 32 heavy (non-hydrogen) atoms. The number of rotatable bonds is 5. The van der Waals surface area contributed by atoms with Crippen molar-refractivity contribution in [3.05, 3.63) is 92.3 Å². The van der Waals surface area contributed by atoms with Gasteiger partial charge in [0, 0.05) is 71.9 Å². The fraction of sp³-hybridized carbons (Fsp3) is 0.280. The van der Waals surface area contributed by atoms with Crippen molar-refractivity contribution in [2.75, 3.05) is 26.2 Å². The largest absolute Gasteiger partial charge is 0.296 e. The molecule has 0 aliphatic carbocycles. The number of fused-ring (bicyclic) bond motifs is 1. The maximum Gasteiger partial charge on any atom is 0.258 e. The highest BCUT2D eigenvalue weighted by Gasteiger charge is 2.19. The molecule has 1 fully saturated rings. The summed E-state index contributed by atoms with van der Waals surface area (Å²) < 4.78 is 1.62. The summed E-state index contributed by atoms with van der Waals surface area (Å²) in [5.41, 5.74) is 3.70. The number of piperazine rings is 1. The van der Waals surface area contributed by atoms with Gasteiger partial charge in [-0.3, -0.25) is 19.0 Å². The van der Waals surface area contributed by atoms with Gasteiger partial charge in [-0.1, -0.05) is 35.9 Å². The molecule has 3 aromatic heterocycles. The third kappa shape index (κ3) is 4.50. The SMILES string of the molecule is Cc1cccn2c(=O)cc(CN3CCN(Cc4ccc(-c5ccccc5Cl)s4)CC3)nc12. The minimum Gasteiger partial charge on any atom is -0.296 e. The van der Waals surface area contributed by atoms with Crippen molar-refractivity contribution >= 4 is 28.6 Å². The number of aromatic nitrogens is 2. The number of nitrogens with zero attached hydrogens (tertiary/aromatic N) is 4. The lowest BCUT2D eigenvalue weighted by atomic mass is 10.2. The Hall–Kier alpha value is -2.51. The van der Waals surface area contributed by atoms with Gasteiger partial charge in [-0.15, -0.1) is 11.3 Å². The number of thiophene rings is 1. The first-order valence-corrected chi connectivity index (χ1v) is 12.0. The van der Waals surface area contributed by atoms with E-state index in [4.69, 9.17) is 16.6 Å². The molecule has 0 radical (unpaired) electrons. The van der Waals surface area contributed by atoms with Gasteiger partial charge in [-0.05, 0) is 36.8 Å². The summed E-state index contributed by atoms with van der Waals surface area (Å²) in [5.74, 6) is 0. The molecule has 1 aromatic carbocycles. The van der Waals surface area contributed by atoms with Crippen LogP contribution in [0.3, 0.4) is 0 Å². The Morgan fingerprint density at radius 1 is 0.969 bits per heavy atom. The molecular formula is C25H25ClN4OS. The van der Waals surface area contributed by atoms with Gasteiger partial charge < -0.3 is 0 Å². The first-order valence-electron chi connectivity index (χ1n) is 10.8. The van der Waals surface area contributed by atoms with Gasteiger partial charge in [0.2, 0.25) is 0 Å². The van der Waals surface area contributed by atoms with Crippen molar-refractivity contribution in [1.29, 1.82) is 0 Å². The first kappa shape index (κ1) is 21.3. The van der Waals surface area contributed by atoms with Crippen molar-refractivity contribution in [1.82, 2.24) is 19.2 Å². The Labute approximate surface area is 196 Å². The van der Waals surface area contributed by atoms with E-state index in [2.05, 4.69) is 28.0 Å². The lowest BCUT2D eigenvalue weighted by Gasteiger charge is -2.34. The van der Waals surface area contributed by atoms with Gasteiger partial charge in [-0.2, -0.15) is 0 Å². The molecule has 0 spiro atoms. The monoisotopic (exact) mass is 464 g/mol. The van der Waals surface area contributed by atoms with E-state index in [9.17, 15) is 4.79 Å². The number of aryl methyl sites for hydroxylation is 1. The second-order valence-corrected chi connectivity index (χ2v) is 9.84. The zero-order chi connectivity index (χ0) is 22.1. The Bertz CT molecular complexity index is 1310. The van der Waals surface area contributed by atoms with Crippen molar-refractivity contribution in [3.63, 3.8) is 0 Å². The smallest absolute Gasteiger partial charge is 0.258 e. The maximum absolute atomic E-state index is 12.5. The molecule has 0 bridgehead atoms. The van der Waals surface area contributed by atoms with Crippen LogP contribution in [0.15, 0.2) is 65.6 Å². The van der Waals surface area contributed by atoms with Crippen molar-refractivity contribution in [3.8, 4) is 10.4 Å². The molecule has 1 aliphatic rings. The van der Waals surface area contributed by atoms with E-state index in [1.807, 2.05) is 48.6 Å². The van der Waals surface area contributed by atoms with Gasteiger partial charge >= 0.3 is 0 Å². The Kier molecular flexibility index (Phi) is 6.11. The van der Waals surface area contributed by atoms with Crippen LogP contribution in [0.2, 0.25) is 5.02 Å². The van der Waals surface area contributed by atoms with Crippen LogP contribution in [0, 0.1) is 6.92 Å². The van der Waals surface area contributed by atoms with Crippen LogP contribution in [0.1, 0.15) is 16.1 Å². The summed E-state index contributed by atoms with van der Waals surface area (Å²) in [4.78, 5) is 24.7. The zero-order valence-electron chi connectivity index (χ0n) is 18.0. The summed E-state index contributed by atoms with van der Waals surface area (Å²) in [7, 11) is 0. The van der Waals surface area contributed by atoms with Crippen molar-refractivity contribution in [2.45, 2.75) is 20.0 Å². The molecule has 164 valence electrons. The molecule has 0 N–H and O–H groups in total. The molecule has 0 atom stereocenters. The predicted octanol–water partition coefficient (Wildman–Crippen LogP) is 4.70. The van der Waals surface area contributed by atoms with Crippen LogP contribution in [0.25, 0.3) is 16.1 Å². The van der Waals surface area contributed by atoms with E-state index >= 15 is 0 Å². The van der Waals surface area contributed by atoms with Crippen molar-refractivity contribution in [2.24, 2.45) is 0 Å². The van der Waals surface area contributed by atoms with Gasteiger partial charge in [0.25, 0.3) is 5.56 Å². The third-order valence-corrected chi connectivity index (χ3v) is 7.40. The highest BCUT2D eigenvalue weighted by Crippen LogP contribution is 2.33. The molecule has 7 heteroatoms. The van der Waals surface area contributed by atoms with E-state index < -0.39 is 0 Å². The normalized spacial score (nSPS) is 15.4. The Balaban J connectivity index is 1.20. The number of hydrogen-bond donors (Lipinski definition) is 0. The average molecular weight is 465 g/mol. The van der Waals surface area contributed by atoms with Crippen LogP contribution in [-0.4, -0.2) is 45.4 Å². The highest BCUT2D eigenvalue weighted by molar-refractivity contribution is 7.15. The summed E-state index contributed by atoms with van der Waals surface area (Å²) in [6.45, 7) is 7.61. The molecule has 1 saturated heterocycles. The third-order valence-electron chi connectivity index (χ3n) is 5.97. The van der Waals surface area contributed by atoms with Crippen LogP contribution < -0.4 is 5.56 Å². The van der Waals surface area contributed by atoms with Gasteiger partial charge in [0.1, 0.15) is 5.65 Å². The van der Waals surface area contributed by atoms with Crippen molar-refractivity contribution < 1.29 is 0 Å². The van der Waals surface area contributed by atoms with Crippen LogP contribution in [0.4, 0.5) is 0 Å². The summed E-state index contributed by atoms with van der Waals surface area (Å²) in [6.07, 6.45) is 1.78. The molecule has 0 amide bonds. The zero-order valence-corrected chi connectivity index (χ0v) is 19.6. The Morgan fingerprint density at radius 3 is 2.50 bits per heavy atom. The summed E-state index contributed by atoms with van der Waals surface area (Å²) in [6, 6.07) is 17.9. The predicted molar refractivity (Wildman–Crippen MR) is 132 cm³/mol. The quantitative estimate of drug-likeness (QED) is 0.429. The topological polar surface area (TPSA) is 40.9 Å². The molecule has 1 aliphatic heterocycles. The van der Waals surface area contributed by atoms with E-state index in [0.717, 1.165) is 60.2 Å². The van der Waals surface area contributed by atoms with E-state index in [-0.39, 0.29) is 5.56 Å². The fourth-order valence-corrected chi connectivity index (χ4v) is 5.60. The summed E-state index contributed by atoms with van der Waals surface area (Å²) in [5, 5.41) is 0.798. The van der Waals surface area contributed by atoms with Gasteiger partial charge in [0.15, 0.2) is 0 Å². The number of halogens is 1. The summed E-state index contributed by atoms with van der Waals surface area (Å²) >= 11 is 8.17. The maximum atomic E-state index is 12.5. The second kappa shape index (κ2) is 9.16. The number of hydrogen-bond acceptors (Lipinski definition) is 5. The minimum atomic E-state index is -0.0145. The molecule has 0 saturated carbocycles.